The average molecular weight is 567 g/mol. The molecule has 0 spiro atoms. The highest BCUT2D eigenvalue weighted by molar-refractivity contribution is 6.10. The smallest absolute Gasteiger partial charge is 0.491 e. The van der Waals surface area contributed by atoms with E-state index in [-0.39, 0.29) is 40.7 Å². The highest BCUT2D eigenvalue weighted by Gasteiger charge is 2.45. The highest BCUT2D eigenvalue weighted by Crippen LogP contribution is 2.31. The summed E-state index contributed by atoms with van der Waals surface area (Å²) in [5.41, 5.74) is -1.99. The van der Waals surface area contributed by atoms with Gasteiger partial charge in [-0.3, -0.25) is 9.59 Å². The number of esters is 2. The summed E-state index contributed by atoms with van der Waals surface area (Å²) < 4.78 is 58.2. The van der Waals surface area contributed by atoms with Crippen molar-refractivity contribution >= 4 is 23.6 Å². The summed E-state index contributed by atoms with van der Waals surface area (Å²) in [6, 6.07) is 7.22. The van der Waals surface area contributed by atoms with Gasteiger partial charge in [0.25, 0.3) is 0 Å². The molecule has 1 aliphatic rings. The summed E-state index contributed by atoms with van der Waals surface area (Å²) in [5.74, 6) is -4.58. The van der Waals surface area contributed by atoms with Crippen molar-refractivity contribution in [3.63, 3.8) is 0 Å². The lowest BCUT2D eigenvalue weighted by molar-refractivity contribution is -0.206. The Hall–Kier alpha value is -4.16. The number of carbonyl (C=O) groups excluding carboxylic acids is 4. The Morgan fingerprint density at radius 1 is 0.975 bits per heavy atom. The Morgan fingerprint density at radius 2 is 1.65 bits per heavy atom. The van der Waals surface area contributed by atoms with Gasteiger partial charge in [-0.15, -0.1) is 0 Å². The molecule has 1 aliphatic carbocycles. The van der Waals surface area contributed by atoms with Gasteiger partial charge in [0.05, 0.1) is 12.7 Å². The van der Waals surface area contributed by atoms with Crippen molar-refractivity contribution in [2.75, 3.05) is 7.11 Å². The molecule has 1 saturated carbocycles. The van der Waals surface area contributed by atoms with Crippen LogP contribution in [0, 0.1) is 0 Å². The molecule has 1 aromatic heterocycles. The van der Waals surface area contributed by atoms with E-state index in [1.807, 2.05) is 0 Å². The highest BCUT2D eigenvalue weighted by atomic mass is 19.4. The number of ether oxygens (including phenoxy) is 4. The van der Waals surface area contributed by atoms with Crippen molar-refractivity contribution in [2.45, 2.75) is 70.4 Å². The van der Waals surface area contributed by atoms with Crippen LogP contribution < -0.4 is 19.5 Å². The van der Waals surface area contributed by atoms with Gasteiger partial charge in [-0.1, -0.05) is 0 Å². The molecule has 0 radical (unpaired) electrons. The number of hydrogen-bond donors (Lipinski definition) is 1. The van der Waals surface area contributed by atoms with Crippen molar-refractivity contribution < 1.29 is 51.3 Å². The van der Waals surface area contributed by atoms with Crippen LogP contribution in [-0.4, -0.2) is 59.6 Å². The normalized spacial score (nSPS) is 17.4. The number of amides is 1. The second kappa shape index (κ2) is 12.3. The molecule has 0 bridgehead atoms. The van der Waals surface area contributed by atoms with E-state index in [0.29, 0.717) is 5.88 Å². The fourth-order valence-electron chi connectivity index (χ4n) is 4.01. The van der Waals surface area contributed by atoms with E-state index in [2.05, 4.69) is 15.0 Å². The van der Waals surface area contributed by atoms with E-state index in [1.165, 1.54) is 50.6 Å². The quantitative estimate of drug-likeness (QED) is 0.273. The Kier molecular flexibility index (Phi) is 9.38. The number of nitrogens with one attached hydrogen (secondary N) is 1. The van der Waals surface area contributed by atoms with Gasteiger partial charge in [-0.2, -0.15) is 13.2 Å². The number of pyridine rings is 1. The molecule has 1 heterocycles. The minimum atomic E-state index is -5.38. The molecule has 13 heteroatoms. The van der Waals surface area contributed by atoms with Crippen LogP contribution in [0.15, 0.2) is 36.5 Å². The Morgan fingerprint density at radius 3 is 2.20 bits per heavy atom. The largest absolute Gasteiger partial charge is 0.497 e. The maximum absolute atomic E-state index is 13.3. The van der Waals surface area contributed by atoms with E-state index in [0.717, 1.165) is 39.5 Å². The van der Waals surface area contributed by atoms with Crippen molar-refractivity contribution in [3.8, 4) is 17.4 Å². The van der Waals surface area contributed by atoms with E-state index in [9.17, 15) is 32.3 Å². The minimum absolute atomic E-state index is 0.0458. The number of halogens is 3. The predicted molar refractivity (Wildman–Crippen MR) is 133 cm³/mol. The Labute approximate surface area is 228 Å². The molecular formula is C27H29F3N2O8. The number of alkyl halides is 3. The summed E-state index contributed by atoms with van der Waals surface area (Å²) in [6.45, 7) is 3.65. The van der Waals surface area contributed by atoms with E-state index in [4.69, 9.17) is 14.2 Å². The third-order valence-electron chi connectivity index (χ3n) is 6.07. The molecule has 40 heavy (non-hydrogen) atoms. The standard InChI is InChI=1S/C27H29F3N2O8/c1-15(33)32-17-6-8-18(9-7-17)38-22-12-5-16(14-31-22)23(34)20-11-10-19(37-4)13-21(20)40-26(2,3)24(35)39-25(36)27(28,29)30/h5,10-14,17-18H,6-9H2,1-4H3,(H,32,33). The molecule has 1 amide bonds. The van der Waals surface area contributed by atoms with E-state index < -0.39 is 29.5 Å². The fourth-order valence-corrected chi connectivity index (χ4v) is 4.01. The zero-order chi connectivity index (χ0) is 29.7. The lowest BCUT2D eigenvalue weighted by Gasteiger charge is -2.28. The molecule has 1 aromatic carbocycles. The van der Waals surface area contributed by atoms with Gasteiger partial charge in [0.2, 0.25) is 17.4 Å². The van der Waals surface area contributed by atoms with Crippen LogP contribution in [0.4, 0.5) is 13.2 Å². The lowest BCUT2D eigenvalue weighted by atomic mass is 9.93. The van der Waals surface area contributed by atoms with Gasteiger partial charge in [0.1, 0.15) is 17.6 Å². The summed E-state index contributed by atoms with van der Waals surface area (Å²) in [7, 11) is 1.34. The third kappa shape index (κ3) is 7.93. The zero-order valence-electron chi connectivity index (χ0n) is 22.3. The van der Waals surface area contributed by atoms with Crippen molar-refractivity contribution in [1.29, 1.82) is 0 Å². The van der Waals surface area contributed by atoms with Crippen LogP contribution in [0.1, 0.15) is 62.4 Å². The van der Waals surface area contributed by atoms with Gasteiger partial charge in [-0.25, -0.2) is 14.6 Å². The van der Waals surface area contributed by atoms with Crippen LogP contribution in [0.25, 0.3) is 0 Å². The van der Waals surface area contributed by atoms with Crippen LogP contribution in [0.2, 0.25) is 0 Å². The number of hydrogen-bond acceptors (Lipinski definition) is 9. The molecule has 10 nitrogen and oxygen atoms in total. The first-order valence-electron chi connectivity index (χ1n) is 12.3. The number of rotatable bonds is 9. The maximum atomic E-state index is 13.3. The Bertz CT molecular complexity index is 1250. The van der Waals surface area contributed by atoms with Crippen molar-refractivity contribution in [1.82, 2.24) is 10.3 Å². The minimum Gasteiger partial charge on any atom is -0.497 e. The van der Waals surface area contributed by atoms with Gasteiger partial charge in [-0.05, 0) is 57.7 Å². The van der Waals surface area contributed by atoms with Crippen LogP contribution in [-0.2, 0) is 19.1 Å². The Balaban J connectivity index is 1.73. The molecule has 2 aromatic rings. The number of aromatic nitrogens is 1. The molecule has 0 saturated heterocycles. The lowest BCUT2D eigenvalue weighted by Crippen LogP contribution is -2.43. The van der Waals surface area contributed by atoms with Crippen LogP contribution in [0.3, 0.4) is 0 Å². The molecule has 0 atom stereocenters. The molecule has 216 valence electrons. The monoisotopic (exact) mass is 566 g/mol. The SMILES string of the molecule is COc1ccc(C(=O)c2ccc(OC3CCC(NC(C)=O)CC3)nc2)c(OC(C)(C)C(=O)OC(=O)C(F)(F)F)c1. The molecule has 3 rings (SSSR count). The first kappa shape index (κ1) is 30.4. The second-order valence-corrected chi connectivity index (χ2v) is 9.66. The van der Waals surface area contributed by atoms with Gasteiger partial charge >= 0.3 is 18.1 Å². The average Bonchev–Trinajstić information content (AvgIpc) is 2.88. The van der Waals surface area contributed by atoms with Crippen LogP contribution >= 0.6 is 0 Å². The van der Waals surface area contributed by atoms with Crippen molar-refractivity contribution in [2.24, 2.45) is 0 Å². The first-order valence-corrected chi connectivity index (χ1v) is 12.3. The number of ketones is 1. The molecule has 0 aliphatic heterocycles. The molecule has 1 fully saturated rings. The van der Waals surface area contributed by atoms with Crippen molar-refractivity contribution in [3.05, 3.63) is 47.7 Å². The molecule has 1 N–H and O–H groups in total. The summed E-state index contributed by atoms with van der Waals surface area (Å²) in [5, 5.41) is 2.90. The van der Waals surface area contributed by atoms with Crippen LogP contribution in [0.5, 0.6) is 17.4 Å². The van der Waals surface area contributed by atoms with E-state index in [1.54, 1.807) is 0 Å². The second-order valence-electron chi connectivity index (χ2n) is 9.66. The topological polar surface area (TPSA) is 130 Å². The predicted octanol–water partition coefficient (Wildman–Crippen LogP) is 3.94. The molecular weight excluding hydrogens is 537 g/mol. The number of nitrogens with zero attached hydrogens (tertiary/aromatic N) is 1. The van der Waals surface area contributed by atoms with Gasteiger partial charge in [0, 0.05) is 36.9 Å². The summed E-state index contributed by atoms with van der Waals surface area (Å²) in [4.78, 5) is 52.1. The number of methoxy groups -OCH3 is 1. The van der Waals surface area contributed by atoms with Gasteiger partial charge < -0.3 is 24.3 Å². The first-order chi connectivity index (χ1) is 18.7. The summed E-state index contributed by atoms with van der Waals surface area (Å²) in [6.07, 6.45) is -1.16. The van der Waals surface area contributed by atoms with Gasteiger partial charge in [0.15, 0.2) is 5.78 Å². The zero-order valence-corrected chi connectivity index (χ0v) is 22.3. The fraction of sp³-hybridized carbons (Fsp3) is 0.444. The third-order valence-corrected chi connectivity index (χ3v) is 6.07. The summed E-state index contributed by atoms with van der Waals surface area (Å²) >= 11 is 0. The number of benzene rings is 1. The molecule has 0 unspecified atom stereocenters. The number of carbonyl (C=O) groups is 4. The maximum Gasteiger partial charge on any atom is 0.491 e. The van der Waals surface area contributed by atoms with E-state index >= 15 is 0 Å².